The number of nitrogens with one attached hydrogen (secondary N) is 1. The Morgan fingerprint density at radius 3 is 2.82 bits per heavy atom. The Hall–Kier alpha value is -2.74. The summed E-state index contributed by atoms with van der Waals surface area (Å²) in [7, 11) is 0. The zero-order valence-electron chi connectivity index (χ0n) is 15.6. The van der Waals surface area contributed by atoms with Crippen molar-refractivity contribution in [1.29, 1.82) is 0 Å². The molecule has 3 heterocycles. The average Bonchev–Trinajstić information content (AvgIpc) is 3.25. The number of para-hydroxylation sites is 1. The lowest BCUT2D eigenvalue weighted by Gasteiger charge is -2.18. The van der Waals surface area contributed by atoms with Crippen molar-refractivity contribution < 1.29 is 9.59 Å². The van der Waals surface area contributed by atoms with Crippen molar-refractivity contribution in [3.63, 3.8) is 0 Å². The first-order chi connectivity index (χ1) is 13.4. The van der Waals surface area contributed by atoms with Crippen LogP contribution in [-0.2, 0) is 9.59 Å². The molecule has 28 heavy (non-hydrogen) atoms. The highest BCUT2D eigenvalue weighted by Gasteiger charge is 2.35. The number of amides is 2. The largest absolute Gasteiger partial charge is 0.324 e. The molecule has 7 nitrogen and oxygen atoms in total. The van der Waals surface area contributed by atoms with Crippen molar-refractivity contribution >= 4 is 50.2 Å². The lowest BCUT2D eigenvalue weighted by Crippen LogP contribution is -2.28. The van der Waals surface area contributed by atoms with Gasteiger partial charge in [-0.15, -0.1) is 0 Å². The average molecular weight is 442 g/mol. The molecule has 0 bridgehead atoms. The standard InChI is InChI=1S/C20H20BrN5O2/c1-12(2)26-19-13(9-23-26)7-15(10-22-19)24-20(28)14-8-18(27)25(11-14)17-6-4-3-5-16(17)21/h3-7,9-10,12,14H,8,11H2,1-2H3,(H,24,28). The summed E-state index contributed by atoms with van der Waals surface area (Å²) in [6.07, 6.45) is 3.56. The minimum absolute atomic E-state index is 0.0566. The van der Waals surface area contributed by atoms with Crippen LogP contribution in [0.25, 0.3) is 11.0 Å². The van der Waals surface area contributed by atoms with Gasteiger partial charge in [0.2, 0.25) is 11.8 Å². The number of benzene rings is 1. The molecule has 0 spiro atoms. The first-order valence-corrected chi connectivity index (χ1v) is 9.92. The Morgan fingerprint density at radius 2 is 2.07 bits per heavy atom. The molecule has 1 atom stereocenters. The van der Waals surface area contributed by atoms with E-state index >= 15 is 0 Å². The third-order valence-electron chi connectivity index (χ3n) is 4.83. The van der Waals surface area contributed by atoms with Crippen molar-refractivity contribution in [1.82, 2.24) is 14.8 Å². The molecule has 1 unspecified atom stereocenters. The van der Waals surface area contributed by atoms with E-state index in [0.717, 1.165) is 21.2 Å². The van der Waals surface area contributed by atoms with Gasteiger partial charge in [0, 0.05) is 28.9 Å². The van der Waals surface area contributed by atoms with Gasteiger partial charge in [-0.3, -0.25) is 9.59 Å². The Labute approximate surface area is 170 Å². The van der Waals surface area contributed by atoms with E-state index in [2.05, 4.69) is 31.3 Å². The lowest BCUT2D eigenvalue weighted by molar-refractivity contribution is -0.122. The van der Waals surface area contributed by atoms with Crippen LogP contribution in [0.2, 0.25) is 0 Å². The molecule has 2 amide bonds. The van der Waals surface area contributed by atoms with Crippen molar-refractivity contribution in [2.24, 2.45) is 5.92 Å². The molecule has 1 aromatic carbocycles. The van der Waals surface area contributed by atoms with Crippen LogP contribution in [0, 0.1) is 5.92 Å². The monoisotopic (exact) mass is 441 g/mol. The van der Waals surface area contributed by atoms with Gasteiger partial charge in [-0.25, -0.2) is 9.67 Å². The van der Waals surface area contributed by atoms with Gasteiger partial charge in [0.25, 0.3) is 0 Å². The van der Waals surface area contributed by atoms with Crippen molar-refractivity contribution in [3.05, 3.63) is 47.2 Å². The predicted molar refractivity (Wildman–Crippen MR) is 111 cm³/mol. The summed E-state index contributed by atoms with van der Waals surface area (Å²) in [5.74, 6) is -0.646. The second-order valence-electron chi connectivity index (χ2n) is 7.17. The van der Waals surface area contributed by atoms with E-state index in [9.17, 15) is 9.59 Å². The van der Waals surface area contributed by atoms with E-state index in [1.54, 1.807) is 17.3 Å². The summed E-state index contributed by atoms with van der Waals surface area (Å²) in [5.41, 5.74) is 2.17. The van der Waals surface area contributed by atoms with E-state index in [-0.39, 0.29) is 24.3 Å². The number of nitrogens with zero attached hydrogens (tertiary/aromatic N) is 4. The van der Waals surface area contributed by atoms with E-state index in [0.29, 0.717) is 12.2 Å². The summed E-state index contributed by atoms with van der Waals surface area (Å²) < 4.78 is 2.67. The molecule has 1 fully saturated rings. The molecular formula is C20H20BrN5O2. The van der Waals surface area contributed by atoms with Gasteiger partial charge >= 0.3 is 0 Å². The van der Waals surface area contributed by atoms with Crippen molar-refractivity contribution in [2.75, 3.05) is 16.8 Å². The maximum Gasteiger partial charge on any atom is 0.229 e. The summed E-state index contributed by atoms with van der Waals surface area (Å²) in [6, 6.07) is 9.58. The van der Waals surface area contributed by atoms with Gasteiger partial charge in [-0.05, 0) is 48.0 Å². The van der Waals surface area contributed by atoms with Crippen LogP contribution in [0.3, 0.4) is 0 Å². The smallest absolute Gasteiger partial charge is 0.229 e. The highest BCUT2D eigenvalue weighted by molar-refractivity contribution is 9.10. The fourth-order valence-electron chi connectivity index (χ4n) is 3.42. The third kappa shape index (κ3) is 3.40. The van der Waals surface area contributed by atoms with Crippen LogP contribution in [0.15, 0.2) is 47.2 Å². The molecule has 4 rings (SSSR count). The van der Waals surface area contributed by atoms with Crippen LogP contribution >= 0.6 is 15.9 Å². The van der Waals surface area contributed by atoms with Gasteiger partial charge in [0.05, 0.1) is 29.7 Å². The number of hydrogen-bond donors (Lipinski definition) is 1. The number of halogens is 1. The van der Waals surface area contributed by atoms with E-state index in [1.165, 1.54) is 0 Å². The Kier molecular flexibility index (Phi) is 4.89. The summed E-state index contributed by atoms with van der Waals surface area (Å²) >= 11 is 3.47. The molecule has 2 aromatic heterocycles. The normalized spacial score (nSPS) is 16.9. The van der Waals surface area contributed by atoms with Gasteiger partial charge < -0.3 is 10.2 Å². The summed E-state index contributed by atoms with van der Waals surface area (Å²) in [6.45, 7) is 4.43. The quantitative estimate of drug-likeness (QED) is 0.667. The second-order valence-corrected chi connectivity index (χ2v) is 8.02. The molecule has 0 saturated carbocycles. The minimum atomic E-state index is -0.409. The highest BCUT2D eigenvalue weighted by atomic mass is 79.9. The highest BCUT2D eigenvalue weighted by Crippen LogP contribution is 2.31. The van der Waals surface area contributed by atoms with Crippen LogP contribution in [0.1, 0.15) is 26.3 Å². The first kappa shape index (κ1) is 18.6. The fraction of sp³-hybridized carbons (Fsp3) is 0.300. The van der Waals surface area contributed by atoms with Crippen LogP contribution in [0.4, 0.5) is 11.4 Å². The number of aromatic nitrogens is 3. The topological polar surface area (TPSA) is 80.1 Å². The van der Waals surface area contributed by atoms with E-state index in [1.807, 2.05) is 48.9 Å². The van der Waals surface area contributed by atoms with Crippen LogP contribution in [-0.4, -0.2) is 33.1 Å². The first-order valence-electron chi connectivity index (χ1n) is 9.13. The lowest BCUT2D eigenvalue weighted by atomic mass is 10.1. The molecule has 1 N–H and O–H groups in total. The molecular weight excluding hydrogens is 422 g/mol. The maximum absolute atomic E-state index is 12.7. The maximum atomic E-state index is 12.7. The second kappa shape index (κ2) is 7.35. The van der Waals surface area contributed by atoms with Gasteiger partial charge in [-0.1, -0.05) is 12.1 Å². The minimum Gasteiger partial charge on any atom is -0.324 e. The number of rotatable bonds is 4. The zero-order valence-corrected chi connectivity index (χ0v) is 17.2. The fourth-order valence-corrected chi connectivity index (χ4v) is 3.92. The molecule has 0 aliphatic carbocycles. The number of hydrogen-bond acceptors (Lipinski definition) is 4. The Morgan fingerprint density at radius 1 is 1.29 bits per heavy atom. The number of fused-ring (bicyclic) bond motifs is 1. The molecule has 3 aromatic rings. The summed E-state index contributed by atoms with van der Waals surface area (Å²) in [4.78, 5) is 31.2. The number of carbonyl (C=O) groups is 2. The van der Waals surface area contributed by atoms with Gasteiger partial charge in [0.1, 0.15) is 0 Å². The third-order valence-corrected chi connectivity index (χ3v) is 5.50. The molecule has 0 radical (unpaired) electrons. The van der Waals surface area contributed by atoms with Crippen LogP contribution < -0.4 is 10.2 Å². The Balaban J connectivity index is 1.49. The van der Waals surface area contributed by atoms with E-state index < -0.39 is 5.92 Å². The predicted octanol–water partition coefficient (Wildman–Crippen LogP) is 3.77. The number of anilines is 2. The zero-order chi connectivity index (χ0) is 19.8. The number of carbonyl (C=O) groups excluding carboxylic acids is 2. The van der Waals surface area contributed by atoms with Gasteiger partial charge in [-0.2, -0.15) is 5.10 Å². The van der Waals surface area contributed by atoms with E-state index in [4.69, 9.17) is 0 Å². The molecule has 8 heteroatoms. The molecule has 144 valence electrons. The van der Waals surface area contributed by atoms with Crippen LogP contribution in [0.5, 0.6) is 0 Å². The summed E-state index contributed by atoms with van der Waals surface area (Å²) in [5, 5.41) is 8.10. The van der Waals surface area contributed by atoms with Crippen molar-refractivity contribution in [2.45, 2.75) is 26.3 Å². The molecule has 1 aliphatic heterocycles. The van der Waals surface area contributed by atoms with Gasteiger partial charge in [0.15, 0.2) is 5.65 Å². The Bertz CT molecular complexity index is 1060. The SMILES string of the molecule is CC(C)n1ncc2cc(NC(=O)C3CC(=O)N(c4ccccc4Br)C3)cnc21. The van der Waals surface area contributed by atoms with Crippen molar-refractivity contribution in [3.8, 4) is 0 Å². The molecule has 1 saturated heterocycles. The molecule has 1 aliphatic rings. The number of pyridine rings is 1.